The third-order valence-electron chi connectivity index (χ3n) is 10.8. The smallest absolute Gasteiger partial charge is 0.254 e. The van der Waals surface area contributed by atoms with Crippen molar-refractivity contribution in [2.24, 2.45) is 17.8 Å². The van der Waals surface area contributed by atoms with Gasteiger partial charge in [-0.25, -0.2) is 0 Å². The Morgan fingerprint density at radius 1 is 0.942 bits per heavy atom. The quantitative estimate of drug-likeness (QED) is 0.215. The highest BCUT2D eigenvalue weighted by Gasteiger charge is 2.48. The SMILES string of the molecule is COc1cc(C(=O)N2CC3CN(C(=O)Cc4c[nH]c5cc(Cl)ccc45)CC(C(=O)N[C@H]4CCCN(Cc5ccccc5)C4)C3C2)ccc1OC(C)C. The van der Waals surface area contributed by atoms with Crippen LogP contribution < -0.4 is 14.8 Å². The number of ether oxygens (including phenoxy) is 2. The number of halogens is 1. The van der Waals surface area contributed by atoms with Crippen LogP contribution in [-0.2, 0) is 22.6 Å². The molecule has 3 saturated heterocycles. The minimum atomic E-state index is -0.442. The van der Waals surface area contributed by atoms with E-state index in [-0.39, 0.29) is 48.1 Å². The number of rotatable bonds is 10. The second-order valence-corrected chi connectivity index (χ2v) is 15.3. The first-order chi connectivity index (χ1) is 25.1. The van der Waals surface area contributed by atoms with Gasteiger partial charge in [-0.15, -0.1) is 0 Å². The number of nitrogens with one attached hydrogen (secondary N) is 2. The Morgan fingerprint density at radius 3 is 2.54 bits per heavy atom. The number of likely N-dealkylation sites (tertiary alicyclic amines) is 3. The van der Waals surface area contributed by atoms with Gasteiger partial charge in [-0.05, 0) is 86.5 Å². The highest BCUT2D eigenvalue weighted by Crippen LogP contribution is 2.38. The lowest BCUT2D eigenvalue weighted by atomic mass is 9.79. The summed E-state index contributed by atoms with van der Waals surface area (Å²) in [5.41, 5.74) is 3.53. The van der Waals surface area contributed by atoms with Crippen LogP contribution in [0.25, 0.3) is 10.9 Å². The summed E-state index contributed by atoms with van der Waals surface area (Å²) in [5, 5.41) is 4.98. The topological polar surface area (TPSA) is 107 Å². The van der Waals surface area contributed by atoms with Crippen LogP contribution in [0.2, 0.25) is 5.02 Å². The molecule has 3 unspecified atom stereocenters. The number of aromatic amines is 1. The summed E-state index contributed by atoms with van der Waals surface area (Å²) in [7, 11) is 1.56. The molecular formula is C41H48ClN5O5. The number of carbonyl (C=O) groups excluding carboxylic acids is 3. The molecule has 274 valence electrons. The van der Waals surface area contributed by atoms with Crippen LogP contribution in [-0.4, -0.2) is 95.9 Å². The molecule has 3 aliphatic rings. The number of piperidine rings is 2. The van der Waals surface area contributed by atoms with Gasteiger partial charge in [-0.3, -0.25) is 19.3 Å². The molecule has 7 rings (SSSR count). The summed E-state index contributed by atoms with van der Waals surface area (Å²) in [5.74, 6) is 0.339. The summed E-state index contributed by atoms with van der Waals surface area (Å²) in [6.45, 7) is 8.21. The zero-order valence-electron chi connectivity index (χ0n) is 30.1. The third-order valence-corrected chi connectivity index (χ3v) is 11.0. The Kier molecular flexibility index (Phi) is 10.8. The summed E-state index contributed by atoms with van der Waals surface area (Å²) >= 11 is 6.20. The molecule has 0 bridgehead atoms. The molecule has 11 heteroatoms. The molecule has 0 aliphatic carbocycles. The van der Waals surface area contributed by atoms with Crippen molar-refractivity contribution in [3.63, 3.8) is 0 Å². The predicted octanol–water partition coefficient (Wildman–Crippen LogP) is 5.79. The highest BCUT2D eigenvalue weighted by atomic mass is 35.5. The van der Waals surface area contributed by atoms with E-state index in [9.17, 15) is 14.4 Å². The van der Waals surface area contributed by atoms with Crippen LogP contribution in [0.5, 0.6) is 11.5 Å². The molecule has 3 aliphatic heterocycles. The molecule has 4 heterocycles. The molecular weight excluding hydrogens is 678 g/mol. The van der Waals surface area contributed by atoms with Crippen molar-refractivity contribution in [1.82, 2.24) is 25.0 Å². The average Bonchev–Trinajstić information content (AvgIpc) is 3.75. The van der Waals surface area contributed by atoms with Gasteiger partial charge in [0.15, 0.2) is 11.5 Å². The van der Waals surface area contributed by atoms with Crippen LogP contribution in [0, 0.1) is 17.8 Å². The number of benzene rings is 3. The van der Waals surface area contributed by atoms with Crippen molar-refractivity contribution in [3.05, 3.63) is 94.6 Å². The lowest BCUT2D eigenvalue weighted by Gasteiger charge is -2.41. The fraction of sp³-hybridized carbons (Fsp3) is 0.439. The van der Waals surface area contributed by atoms with Crippen molar-refractivity contribution >= 4 is 40.2 Å². The number of aromatic nitrogens is 1. The van der Waals surface area contributed by atoms with E-state index >= 15 is 0 Å². The molecule has 52 heavy (non-hydrogen) atoms. The van der Waals surface area contributed by atoms with E-state index in [1.165, 1.54) is 5.56 Å². The van der Waals surface area contributed by atoms with Gasteiger partial charge in [0.2, 0.25) is 11.8 Å². The molecule has 3 amide bonds. The van der Waals surface area contributed by atoms with Crippen LogP contribution in [0.15, 0.2) is 72.9 Å². The second-order valence-electron chi connectivity index (χ2n) is 14.8. The fourth-order valence-corrected chi connectivity index (χ4v) is 8.48. The first-order valence-electron chi connectivity index (χ1n) is 18.4. The van der Waals surface area contributed by atoms with Crippen molar-refractivity contribution in [1.29, 1.82) is 0 Å². The molecule has 0 saturated carbocycles. The number of methoxy groups -OCH3 is 1. The predicted molar refractivity (Wildman–Crippen MR) is 202 cm³/mol. The summed E-state index contributed by atoms with van der Waals surface area (Å²) < 4.78 is 11.4. The Morgan fingerprint density at radius 2 is 1.75 bits per heavy atom. The molecule has 4 atom stereocenters. The first-order valence-corrected chi connectivity index (χ1v) is 18.8. The maximum Gasteiger partial charge on any atom is 0.254 e. The van der Waals surface area contributed by atoms with Gasteiger partial charge >= 0.3 is 0 Å². The molecule has 2 N–H and O–H groups in total. The Bertz CT molecular complexity index is 1910. The normalized spacial score (nSPS) is 22.0. The van der Waals surface area contributed by atoms with Gasteiger partial charge in [-0.1, -0.05) is 48.0 Å². The highest BCUT2D eigenvalue weighted by molar-refractivity contribution is 6.31. The molecule has 3 aromatic carbocycles. The number of carbonyl (C=O) groups is 3. The maximum atomic E-state index is 14.3. The standard InChI is InChI=1S/C41H48ClN5O5/c1-26(2)52-37-14-11-28(16-38(37)51-3)41(50)47-22-30-21-46(39(48)17-29-19-43-36-18-31(42)12-13-33(29)36)25-35(34(30)24-47)40(49)44-32-10-7-15-45(23-32)20-27-8-5-4-6-9-27/h4-6,8-9,11-14,16,18-19,26,30,32,34-35,43H,7,10,15,17,20-25H2,1-3H3,(H,44,49)/t30?,32-,34?,35?/m0/s1. The number of amides is 3. The summed E-state index contributed by atoms with van der Waals surface area (Å²) in [6.07, 6.45) is 3.94. The monoisotopic (exact) mass is 725 g/mol. The number of hydrogen-bond donors (Lipinski definition) is 2. The number of fused-ring (bicyclic) bond motifs is 2. The van der Waals surface area contributed by atoms with Gasteiger partial charge in [0, 0.05) is 73.0 Å². The van der Waals surface area contributed by atoms with Crippen LogP contribution in [0.1, 0.15) is 48.2 Å². The Balaban J connectivity index is 1.09. The van der Waals surface area contributed by atoms with E-state index in [4.69, 9.17) is 21.1 Å². The van der Waals surface area contributed by atoms with Gasteiger partial charge in [0.1, 0.15) is 0 Å². The maximum absolute atomic E-state index is 14.3. The zero-order valence-corrected chi connectivity index (χ0v) is 30.9. The lowest BCUT2D eigenvalue weighted by Crippen LogP contribution is -2.56. The molecule has 10 nitrogen and oxygen atoms in total. The average molecular weight is 726 g/mol. The van der Waals surface area contributed by atoms with Crippen LogP contribution in [0.4, 0.5) is 0 Å². The Hall–Kier alpha value is -4.54. The summed E-state index contributed by atoms with van der Waals surface area (Å²) in [4.78, 5) is 51.6. The van der Waals surface area contributed by atoms with Gasteiger partial charge in [0.05, 0.1) is 25.6 Å². The molecule has 4 aromatic rings. The molecule has 0 spiro atoms. The lowest BCUT2D eigenvalue weighted by molar-refractivity contribution is -0.138. The molecule has 0 radical (unpaired) electrons. The van der Waals surface area contributed by atoms with E-state index < -0.39 is 5.92 Å². The zero-order chi connectivity index (χ0) is 36.4. The van der Waals surface area contributed by atoms with Crippen molar-refractivity contribution < 1.29 is 23.9 Å². The van der Waals surface area contributed by atoms with Gasteiger partial charge in [-0.2, -0.15) is 0 Å². The van der Waals surface area contributed by atoms with E-state index in [1.54, 1.807) is 25.3 Å². The van der Waals surface area contributed by atoms with E-state index in [0.29, 0.717) is 48.3 Å². The minimum Gasteiger partial charge on any atom is -0.493 e. The van der Waals surface area contributed by atoms with Gasteiger partial charge in [0.25, 0.3) is 5.91 Å². The van der Waals surface area contributed by atoms with E-state index in [1.807, 2.05) is 54.1 Å². The first kappa shape index (κ1) is 35.8. The van der Waals surface area contributed by atoms with Crippen LogP contribution >= 0.6 is 11.6 Å². The van der Waals surface area contributed by atoms with Crippen molar-refractivity contribution in [2.75, 3.05) is 46.4 Å². The van der Waals surface area contributed by atoms with Crippen molar-refractivity contribution in [2.45, 2.75) is 51.8 Å². The molecule has 3 fully saturated rings. The summed E-state index contributed by atoms with van der Waals surface area (Å²) in [6, 6.07) is 21.3. The Labute approximate surface area is 310 Å². The minimum absolute atomic E-state index is 0.0192. The number of hydrogen-bond acceptors (Lipinski definition) is 6. The van der Waals surface area contributed by atoms with Crippen LogP contribution in [0.3, 0.4) is 0 Å². The number of nitrogens with zero attached hydrogens (tertiary/aromatic N) is 3. The van der Waals surface area contributed by atoms with E-state index in [2.05, 4.69) is 39.5 Å². The van der Waals surface area contributed by atoms with E-state index in [0.717, 1.165) is 48.9 Å². The second kappa shape index (κ2) is 15.6. The number of H-pyrrole nitrogens is 1. The molecule has 1 aromatic heterocycles. The fourth-order valence-electron chi connectivity index (χ4n) is 8.30. The largest absolute Gasteiger partial charge is 0.493 e. The van der Waals surface area contributed by atoms with Crippen molar-refractivity contribution in [3.8, 4) is 11.5 Å². The third kappa shape index (κ3) is 7.93. The van der Waals surface area contributed by atoms with Gasteiger partial charge < -0.3 is 29.6 Å².